The highest BCUT2D eigenvalue weighted by molar-refractivity contribution is 5.75. The van der Waals surface area contributed by atoms with Crippen LogP contribution < -0.4 is 10.1 Å². The van der Waals surface area contributed by atoms with Crippen LogP contribution in [0.25, 0.3) is 11.4 Å². The van der Waals surface area contributed by atoms with Crippen molar-refractivity contribution < 1.29 is 9.53 Å². The molecule has 8 nitrogen and oxygen atoms in total. The molecule has 1 amide bonds. The number of nitrogens with one attached hydrogen (secondary N) is 1. The number of nitrogens with zero attached hydrogens (tertiary/aromatic N) is 5. The molecule has 33 heavy (non-hydrogen) atoms. The third-order valence-corrected chi connectivity index (χ3v) is 6.11. The predicted molar refractivity (Wildman–Crippen MR) is 126 cm³/mol. The molecular formula is C25H32N6O2. The summed E-state index contributed by atoms with van der Waals surface area (Å²) in [7, 11) is 1.69. The van der Waals surface area contributed by atoms with Crippen molar-refractivity contribution in [3.8, 4) is 17.1 Å². The summed E-state index contributed by atoms with van der Waals surface area (Å²) in [5.41, 5.74) is 2.25. The van der Waals surface area contributed by atoms with Gasteiger partial charge in [-0.1, -0.05) is 42.5 Å². The van der Waals surface area contributed by atoms with Gasteiger partial charge in [0.2, 0.25) is 11.7 Å². The number of aryl methyl sites for hydroxylation is 1. The number of hydrogen-bond donors (Lipinski definition) is 1. The monoisotopic (exact) mass is 448 g/mol. The van der Waals surface area contributed by atoms with E-state index in [0.29, 0.717) is 31.1 Å². The first-order valence-electron chi connectivity index (χ1n) is 11.6. The SMILES string of the molecule is COc1ccc(CN2CCC(CNC(=O)CCCn3nnc(-c4ccccc4)n3)CC2)cc1. The van der Waals surface area contributed by atoms with Gasteiger partial charge in [0.25, 0.3) is 0 Å². The first-order valence-corrected chi connectivity index (χ1v) is 11.6. The number of methoxy groups -OCH3 is 1. The van der Waals surface area contributed by atoms with Gasteiger partial charge in [-0.3, -0.25) is 9.69 Å². The van der Waals surface area contributed by atoms with Crippen molar-refractivity contribution in [3.05, 3.63) is 60.2 Å². The summed E-state index contributed by atoms with van der Waals surface area (Å²) in [5.74, 6) is 2.15. The second-order valence-corrected chi connectivity index (χ2v) is 8.55. The Hall–Kier alpha value is -3.26. The fraction of sp³-hybridized carbons (Fsp3) is 0.440. The summed E-state index contributed by atoms with van der Waals surface area (Å²) < 4.78 is 5.23. The second-order valence-electron chi connectivity index (χ2n) is 8.55. The van der Waals surface area contributed by atoms with E-state index in [1.165, 1.54) is 5.56 Å². The van der Waals surface area contributed by atoms with Gasteiger partial charge >= 0.3 is 0 Å². The molecule has 0 atom stereocenters. The van der Waals surface area contributed by atoms with E-state index in [1.807, 2.05) is 42.5 Å². The molecule has 0 bridgehead atoms. The number of rotatable bonds is 10. The molecule has 1 N–H and O–H groups in total. The van der Waals surface area contributed by atoms with Gasteiger partial charge in [0, 0.05) is 25.1 Å². The van der Waals surface area contributed by atoms with E-state index in [-0.39, 0.29) is 5.91 Å². The largest absolute Gasteiger partial charge is 0.497 e. The number of ether oxygens (including phenoxy) is 1. The Labute approximate surface area is 194 Å². The minimum Gasteiger partial charge on any atom is -0.497 e. The number of likely N-dealkylation sites (tertiary alicyclic amines) is 1. The third-order valence-electron chi connectivity index (χ3n) is 6.11. The van der Waals surface area contributed by atoms with Gasteiger partial charge in [-0.05, 0) is 61.2 Å². The molecule has 1 fully saturated rings. The molecule has 0 spiro atoms. The molecule has 2 aromatic carbocycles. The Balaban J connectivity index is 1.10. The number of amides is 1. The van der Waals surface area contributed by atoms with Gasteiger partial charge in [-0.25, -0.2) is 0 Å². The molecule has 3 aromatic rings. The zero-order chi connectivity index (χ0) is 22.9. The van der Waals surface area contributed by atoms with Crippen LogP contribution in [0.3, 0.4) is 0 Å². The standard InChI is InChI=1S/C25H32N6O2/c1-33-23-11-9-21(10-12-23)19-30-16-13-20(14-17-30)18-26-24(32)8-5-15-31-28-25(27-29-31)22-6-3-2-4-7-22/h2-4,6-7,9-12,20H,5,8,13-19H2,1H3,(H,26,32). The molecule has 0 unspecified atom stereocenters. The number of piperidine rings is 1. The van der Waals surface area contributed by atoms with Crippen LogP contribution in [0, 0.1) is 5.92 Å². The van der Waals surface area contributed by atoms with E-state index in [1.54, 1.807) is 11.9 Å². The Morgan fingerprint density at radius 3 is 2.58 bits per heavy atom. The van der Waals surface area contributed by atoms with Crippen molar-refractivity contribution in [1.82, 2.24) is 30.4 Å². The highest BCUT2D eigenvalue weighted by Gasteiger charge is 2.19. The maximum absolute atomic E-state index is 12.3. The van der Waals surface area contributed by atoms with E-state index in [9.17, 15) is 4.79 Å². The lowest BCUT2D eigenvalue weighted by Gasteiger charge is -2.32. The van der Waals surface area contributed by atoms with Crippen LogP contribution in [-0.2, 0) is 17.9 Å². The van der Waals surface area contributed by atoms with Crippen molar-refractivity contribution >= 4 is 5.91 Å². The van der Waals surface area contributed by atoms with E-state index in [4.69, 9.17) is 4.74 Å². The minimum atomic E-state index is 0.0964. The van der Waals surface area contributed by atoms with Crippen molar-refractivity contribution in [2.24, 2.45) is 5.92 Å². The summed E-state index contributed by atoms with van der Waals surface area (Å²) in [6.07, 6.45) is 3.39. The molecule has 1 aliphatic rings. The molecular weight excluding hydrogens is 416 g/mol. The van der Waals surface area contributed by atoms with Gasteiger partial charge in [0.05, 0.1) is 13.7 Å². The third kappa shape index (κ3) is 6.86. The zero-order valence-electron chi connectivity index (χ0n) is 19.2. The molecule has 0 aliphatic carbocycles. The molecule has 1 saturated heterocycles. The van der Waals surface area contributed by atoms with Crippen LogP contribution in [-0.4, -0.2) is 57.8 Å². The van der Waals surface area contributed by atoms with Crippen molar-refractivity contribution in [3.63, 3.8) is 0 Å². The van der Waals surface area contributed by atoms with Gasteiger partial charge in [0.15, 0.2) is 0 Å². The maximum atomic E-state index is 12.3. The summed E-state index contributed by atoms with van der Waals surface area (Å²) in [4.78, 5) is 16.3. The smallest absolute Gasteiger partial charge is 0.220 e. The van der Waals surface area contributed by atoms with Crippen LogP contribution in [0.1, 0.15) is 31.2 Å². The summed E-state index contributed by atoms with van der Waals surface area (Å²) in [6.45, 7) is 4.43. The highest BCUT2D eigenvalue weighted by atomic mass is 16.5. The molecule has 4 rings (SSSR count). The zero-order valence-corrected chi connectivity index (χ0v) is 19.2. The first kappa shape index (κ1) is 22.9. The number of aromatic nitrogens is 4. The molecule has 174 valence electrons. The normalized spacial score (nSPS) is 14.8. The van der Waals surface area contributed by atoms with Crippen LogP contribution in [0.15, 0.2) is 54.6 Å². The maximum Gasteiger partial charge on any atom is 0.220 e. The number of benzene rings is 2. The van der Waals surface area contributed by atoms with Gasteiger partial charge < -0.3 is 10.1 Å². The summed E-state index contributed by atoms with van der Waals surface area (Å²) >= 11 is 0. The van der Waals surface area contributed by atoms with Crippen molar-refractivity contribution in [2.75, 3.05) is 26.7 Å². The summed E-state index contributed by atoms with van der Waals surface area (Å²) in [6, 6.07) is 18.0. The lowest BCUT2D eigenvalue weighted by molar-refractivity contribution is -0.121. The van der Waals surface area contributed by atoms with Crippen molar-refractivity contribution in [1.29, 1.82) is 0 Å². The molecule has 1 aromatic heterocycles. The molecule has 8 heteroatoms. The van der Waals surface area contributed by atoms with Gasteiger partial charge in [-0.2, -0.15) is 4.80 Å². The predicted octanol–water partition coefficient (Wildman–Crippen LogP) is 3.16. The number of tetrazole rings is 1. The van der Waals surface area contributed by atoms with Crippen LogP contribution in [0.2, 0.25) is 0 Å². The van der Waals surface area contributed by atoms with E-state index >= 15 is 0 Å². The fourth-order valence-corrected chi connectivity index (χ4v) is 4.11. The molecule has 2 heterocycles. The van der Waals surface area contributed by atoms with Gasteiger partial charge in [-0.15, -0.1) is 10.2 Å². The number of hydrogen-bond acceptors (Lipinski definition) is 6. The number of carbonyl (C=O) groups is 1. The Kier molecular flexibility index (Phi) is 8.03. The highest BCUT2D eigenvalue weighted by Crippen LogP contribution is 2.20. The lowest BCUT2D eigenvalue weighted by Crippen LogP contribution is -2.38. The van der Waals surface area contributed by atoms with Crippen LogP contribution in [0.4, 0.5) is 0 Å². The first-order chi connectivity index (χ1) is 16.2. The van der Waals surface area contributed by atoms with E-state index < -0.39 is 0 Å². The van der Waals surface area contributed by atoms with E-state index in [0.717, 1.165) is 50.3 Å². The lowest BCUT2D eigenvalue weighted by atomic mass is 9.96. The Bertz CT molecular complexity index is 997. The van der Waals surface area contributed by atoms with Gasteiger partial charge in [0.1, 0.15) is 5.75 Å². The molecule has 0 radical (unpaired) electrons. The molecule has 0 saturated carbocycles. The average molecular weight is 449 g/mol. The second kappa shape index (κ2) is 11.6. The number of carbonyl (C=O) groups excluding carboxylic acids is 1. The minimum absolute atomic E-state index is 0.0964. The average Bonchev–Trinajstić information content (AvgIpc) is 3.34. The van der Waals surface area contributed by atoms with Crippen LogP contribution >= 0.6 is 0 Å². The summed E-state index contributed by atoms with van der Waals surface area (Å²) in [5, 5.41) is 15.7. The topological polar surface area (TPSA) is 85.2 Å². The Morgan fingerprint density at radius 1 is 1.09 bits per heavy atom. The fourth-order valence-electron chi connectivity index (χ4n) is 4.11. The van der Waals surface area contributed by atoms with Crippen LogP contribution in [0.5, 0.6) is 5.75 Å². The molecule has 1 aliphatic heterocycles. The Morgan fingerprint density at radius 2 is 1.85 bits per heavy atom. The van der Waals surface area contributed by atoms with Crippen molar-refractivity contribution in [2.45, 2.75) is 38.8 Å². The quantitative estimate of drug-likeness (QED) is 0.513. The van der Waals surface area contributed by atoms with E-state index in [2.05, 4.69) is 37.8 Å².